The van der Waals surface area contributed by atoms with E-state index in [1.165, 1.54) is 0 Å². The van der Waals surface area contributed by atoms with E-state index >= 15 is 0 Å². The molecular formula is C19H21N5O. The normalized spacial score (nSPS) is 16.2. The summed E-state index contributed by atoms with van der Waals surface area (Å²) < 4.78 is 0. The van der Waals surface area contributed by atoms with Crippen LogP contribution in [0, 0.1) is 0 Å². The Labute approximate surface area is 146 Å². The van der Waals surface area contributed by atoms with Crippen LogP contribution >= 0.6 is 0 Å². The molecule has 0 spiro atoms. The molecule has 25 heavy (non-hydrogen) atoms. The number of carbonyl (C=O) groups excluding carboxylic acids is 1. The van der Waals surface area contributed by atoms with Gasteiger partial charge < -0.3 is 27.4 Å². The number of amides is 1. The number of nitrogen functional groups attached to an aromatic ring is 1. The number of benzene rings is 2. The molecule has 0 fully saturated rings. The maximum Gasteiger partial charge on any atom is 0.252 e. The van der Waals surface area contributed by atoms with Crippen molar-refractivity contribution in [1.82, 2.24) is 10.6 Å². The summed E-state index contributed by atoms with van der Waals surface area (Å²) in [4.78, 5) is 11.7. The van der Waals surface area contributed by atoms with Crippen LogP contribution in [0.25, 0.3) is 0 Å². The van der Waals surface area contributed by atoms with Crippen molar-refractivity contribution >= 4 is 17.3 Å². The lowest BCUT2D eigenvalue weighted by Crippen LogP contribution is -2.38. The van der Waals surface area contributed by atoms with E-state index in [2.05, 4.69) is 16.0 Å². The number of carbonyl (C=O) groups is 1. The highest BCUT2D eigenvalue weighted by Crippen LogP contribution is 2.16. The second-order valence-corrected chi connectivity index (χ2v) is 5.75. The highest BCUT2D eigenvalue weighted by atomic mass is 16.1. The molecule has 1 unspecified atom stereocenters. The minimum atomic E-state index is -0.481. The van der Waals surface area contributed by atoms with Crippen LogP contribution in [0.3, 0.4) is 0 Å². The number of anilines is 2. The number of primary amides is 1. The summed E-state index contributed by atoms with van der Waals surface area (Å²) in [5.41, 5.74) is 15.0. The summed E-state index contributed by atoms with van der Waals surface area (Å²) in [6.45, 7) is 0.603. The van der Waals surface area contributed by atoms with E-state index in [9.17, 15) is 4.79 Å². The molecule has 1 heterocycles. The van der Waals surface area contributed by atoms with Gasteiger partial charge in [-0.2, -0.15) is 0 Å². The molecule has 1 amide bonds. The predicted octanol–water partition coefficient (Wildman–Crippen LogP) is 1.65. The zero-order chi connectivity index (χ0) is 17.6. The molecule has 0 aromatic heterocycles. The molecule has 0 saturated heterocycles. The fourth-order valence-corrected chi connectivity index (χ4v) is 2.55. The zero-order valence-corrected chi connectivity index (χ0v) is 13.7. The van der Waals surface area contributed by atoms with Gasteiger partial charge in [0.05, 0.1) is 5.57 Å². The molecule has 2 aromatic carbocycles. The number of dihydropyridines is 1. The van der Waals surface area contributed by atoms with Crippen molar-refractivity contribution in [2.75, 3.05) is 11.1 Å². The molecule has 3 rings (SSSR count). The third-order valence-electron chi connectivity index (χ3n) is 3.85. The maximum absolute atomic E-state index is 11.7. The Balaban J connectivity index is 1.72. The van der Waals surface area contributed by atoms with Gasteiger partial charge in [0, 0.05) is 29.8 Å². The molecule has 1 aliphatic rings. The van der Waals surface area contributed by atoms with Gasteiger partial charge in [-0.1, -0.05) is 30.3 Å². The van der Waals surface area contributed by atoms with E-state index in [1.54, 1.807) is 6.20 Å². The molecule has 6 heteroatoms. The second-order valence-electron chi connectivity index (χ2n) is 5.75. The smallest absolute Gasteiger partial charge is 0.252 e. The van der Waals surface area contributed by atoms with Crippen LogP contribution in [0.15, 0.2) is 78.1 Å². The van der Waals surface area contributed by atoms with E-state index < -0.39 is 5.91 Å². The summed E-state index contributed by atoms with van der Waals surface area (Å²) in [7, 11) is 0. The summed E-state index contributed by atoms with van der Waals surface area (Å²) in [6, 6.07) is 17.4. The van der Waals surface area contributed by atoms with Crippen molar-refractivity contribution in [2.24, 2.45) is 5.73 Å². The van der Waals surface area contributed by atoms with Gasteiger partial charge >= 0.3 is 0 Å². The van der Waals surface area contributed by atoms with Crippen LogP contribution in [0.1, 0.15) is 5.56 Å². The maximum atomic E-state index is 11.7. The molecular weight excluding hydrogens is 314 g/mol. The number of hydrogen-bond acceptors (Lipinski definition) is 5. The SMILES string of the molecule is NC(=O)C1=CNC(Nc2ccc(N)cc2)C=C1NCc1ccccc1. The topological polar surface area (TPSA) is 105 Å². The van der Waals surface area contributed by atoms with Crippen LogP contribution in [-0.4, -0.2) is 12.1 Å². The molecule has 0 aliphatic carbocycles. The van der Waals surface area contributed by atoms with E-state index in [-0.39, 0.29) is 6.17 Å². The second kappa shape index (κ2) is 7.44. The first-order chi connectivity index (χ1) is 12.1. The fourth-order valence-electron chi connectivity index (χ4n) is 2.55. The van der Waals surface area contributed by atoms with E-state index in [4.69, 9.17) is 11.5 Å². The van der Waals surface area contributed by atoms with Crippen LogP contribution in [0.5, 0.6) is 0 Å². The van der Waals surface area contributed by atoms with Crippen molar-refractivity contribution in [2.45, 2.75) is 12.7 Å². The van der Waals surface area contributed by atoms with Gasteiger partial charge in [0.1, 0.15) is 6.17 Å². The lowest BCUT2D eigenvalue weighted by Gasteiger charge is -2.25. The molecule has 0 bridgehead atoms. The Morgan fingerprint density at radius 1 is 1.08 bits per heavy atom. The van der Waals surface area contributed by atoms with Crippen molar-refractivity contribution in [1.29, 1.82) is 0 Å². The van der Waals surface area contributed by atoms with E-state index in [0.717, 1.165) is 11.3 Å². The molecule has 2 aromatic rings. The molecule has 0 radical (unpaired) electrons. The monoisotopic (exact) mass is 335 g/mol. The van der Waals surface area contributed by atoms with Gasteiger partial charge in [-0.15, -0.1) is 0 Å². The van der Waals surface area contributed by atoms with Crippen molar-refractivity contribution in [3.05, 3.63) is 83.7 Å². The van der Waals surface area contributed by atoms with Gasteiger partial charge in [0.25, 0.3) is 5.91 Å². The van der Waals surface area contributed by atoms with Crippen LogP contribution in [0.2, 0.25) is 0 Å². The van der Waals surface area contributed by atoms with Crippen LogP contribution < -0.4 is 27.4 Å². The van der Waals surface area contributed by atoms with Crippen molar-refractivity contribution in [3.8, 4) is 0 Å². The fraction of sp³-hybridized carbons (Fsp3) is 0.105. The summed E-state index contributed by atoms with van der Waals surface area (Å²) in [5.74, 6) is -0.481. The average molecular weight is 335 g/mol. The minimum Gasteiger partial charge on any atom is -0.399 e. The van der Waals surface area contributed by atoms with Gasteiger partial charge in [-0.3, -0.25) is 4.79 Å². The Hall–Kier alpha value is -3.41. The average Bonchev–Trinajstić information content (AvgIpc) is 2.63. The number of nitrogens with one attached hydrogen (secondary N) is 3. The molecule has 1 aliphatic heterocycles. The van der Waals surface area contributed by atoms with Gasteiger partial charge in [0.15, 0.2) is 0 Å². The lowest BCUT2D eigenvalue weighted by molar-refractivity contribution is -0.114. The lowest BCUT2D eigenvalue weighted by atomic mass is 10.1. The van der Waals surface area contributed by atoms with Crippen LogP contribution in [-0.2, 0) is 11.3 Å². The number of hydrogen-bond donors (Lipinski definition) is 5. The Morgan fingerprint density at radius 2 is 1.80 bits per heavy atom. The van der Waals surface area contributed by atoms with Gasteiger partial charge in [-0.25, -0.2) is 0 Å². The van der Waals surface area contributed by atoms with Gasteiger partial charge in [0.2, 0.25) is 0 Å². The number of rotatable bonds is 6. The first kappa shape index (κ1) is 16.4. The van der Waals surface area contributed by atoms with Crippen LogP contribution in [0.4, 0.5) is 11.4 Å². The number of nitrogens with two attached hydrogens (primary N) is 2. The Bertz CT molecular complexity index is 796. The molecule has 0 saturated carbocycles. The molecule has 1 atom stereocenters. The third kappa shape index (κ3) is 4.32. The van der Waals surface area contributed by atoms with Crippen molar-refractivity contribution < 1.29 is 4.79 Å². The summed E-state index contributed by atoms with van der Waals surface area (Å²) >= 11 is 0. The van der Waals surface area contributed by atoms with Gasteiger partial charge in [-0.05, 0) is 35.9 Å². The first-order valence-electron chi connectivity index (χ1n) is 8.00. The van der Waals surface area contributed by atoms with Crippen molar-refractivity contribution in [3.63, 3.8) is 0 Å². The predicted molar refractivity (Wildman–Crippen MR) is 100 cm³/mol. The Morgan fingerprint density at radius 3 is 2.48 bits per heavy atom. The molecule has 128 valence electrons. The molecule has 7 N–H and O–H groups in total. The van der Waals surface area contributed by atoms with E-state index in [1.807, 2.05) is 60.7 Å². The van der Waals surface area contributed by atoms with E-state index in [0.29, 0.717) is 23.5 Å². The zero-order valence-electron chi connectivity index (χ0n) is 13.7. The standard InChI is InChI=1S/C19H21N5O/c20-14-6-8-15(9-7-14)24-18-10-17(16(12-23-18)19(21)25)22-11-13-4-2-1-3-5-13/h1-10,12,18,22-24H,11,20H2,(H2,21,25). The highest BCUT2D eigenvalue weighted by molar-refractivity contribution is 5.96. The molecule has 6 nitrogen and oxygen atoms in total. The summed E-state index contributed by atoms with van der Waals surface area (Å²) in [5, 5.41) is 9.72. The largest absolute Gasteiger partial charge is 0.399 e. The Kier molecular flexibility index (Phi) is 4.89. The third-order valence-corrected chi connectivity index (χ3v) is 3.85. The summed E-state index contributed by atoms with van der Waals surface area (Å²) in [6.07, 6.45) is 3.36. The minimum absolute atomic E-state index is 0.176. The quantitative estimate of drug-likeness (QED) is 0.516. The first-order valence-corrected chi connectivity index (χ1v) is 8.00. The highest BCUT2D eigenvalue weighted by Gasteiger charge is 2.18.